The molecule has 1 heterocycles. The van der Waals surface area contributed by atoms with Crippen LogP contribution in [0.5, 0.6) is 0 Å². The molecule has 0 bridgehead atoms. The van der Waals surface area contributed by atoms with Crippen LogP contribution in [0.15, 0.2) is 24.4 Å². The van der Waals surface area contributed by atoms with Gasteiger partial charge in [-0.1, -0.05) is 19.4 Å². The zero-order valence-electron chi connectivity index (χ0n) is 14.4. The van der Waals surface area contributed by atoms with Gasteiger partial charge in [-0.05, 0) is 25.8 Å². The van der Waals surface area contributed by atoms with Crippen LogP contribution in [0.25, 0.3) is 6.08 Å². The second-order valence-electron chi connectivity index (χ2n) is 5.37. The molecule has 0 aromatic carbocycles. The molecule has 0 atom stereocenters. The van der Waals surface area contributed by atoms with Crippen molar-refractivity contribution in [3.05, 3.63) is 35.7 Å². The molecule has 1 rings (SSSR count). The van der Waals surface area contributed by atoms with Gasteiger partial charge in [0.05, 0.1) is 19.4 Å². The molecule has 0 aliphatic carbocycles. The molecular weight excluding hydrogens is 308 g/mol. The van der Waals surface area contributed by atoms with Crippen molar-refractivity contribution < 1.29 is 14.3 Å². The highest BCUT2D eigenvalue weighted by Gasteiger charge is 2.09. The van der Waals surface area contributed by atoms with Crippen molar-refractivity contribution in [3.8, 4) is 0 Å². The molecule has 24 heavy (non-hydrogen) atoms. The highest BCUT2D eigenvalue weighted by Crippen LogP contribution is 2.20. The lowest BCUT2D eigenvalue weighted by Crippen LogP contribution is -2.09. The van der Waals surface area contributed by atoms with E-state index in [1.54, 1.807) is 6.08 Å². The minimum atomic E-state index is -0.258. The van der Waals surface area contributed by atoms with Crippen LogP contribution in [-0.4, -0.2) is 29.6 Å². The fourth-order valence-corrected chi connectivity index (χ4v) is 2.05. The van der Waals surface area contributed by atoms with E-state index in [0.717, 1.165) is 31.4 Å². The normalized spacial score (nSPS) is 11.2. The maximum atomic E-state index is 10.7. The monoisotopic (exact) mass is 334 g/mol. The Morgan fingerprint density at radius 1 is 1.29 bits per heavy atom. The molecule has 1 aromatic heterocycles. The summed E-state index contributed by atoms with van der Waals surface area (Å²) in [6.45, 7) is 6.18. The average Bonchev–Trinajstić information content (AvgIpc) is 2.54. The van der Waals surface area contributed by atoms with Crippen LogP contribution in [-0.2, 0) is 14.3 Å². The van der Waals surface area contributed by atoms with Crippen molar-refractivity contribution >= 4 is 17.8 Å². The zero-order chi connectivity index (χ0) is 17.9. The Morgan fingerprint density at radius 3 is 2.62 bits per heavy atom. The van der Waals surface area contributed by atoms with Gasteiger partial charge >= 0.3 is 0 Å². The van der Waals surface area contributed by atoms with Crippen LogP contribution < -0.4 is 11.5 Å². The fourth-order valence-electron chi connectivity index (χ4n) is 2.05. The third-order valence-electron chi connectivity index (χ3n) is 3.49. The van der Waals surface area contributed by atoms with E-state index in [4.69, 9.17) is 20.9 Å². The summed E-state index contributed by atoms with van der Waals surface area (Å²) in [6, 6.07) is 0. The number of unbranched alkanes of at least 4 members (excludes halogenated alkanes) is 3. The van der Waals surface area contributed by atoms with Gasteiger partial charge in [0.25, 0.3) is 0 Å². The Balaban J connectivity index is 2.59. The first-order valence-electron chi connectivity index (χ1n) is 7.88. The number of rotatable bonds is 11. The SMILES string of the molecule is C=C(OC)C(=Cc1c(C)ncnc1N)OCCCCCCC(N)=O. The number of nitrogens with zero attached hydrogens (tertiary/aromatic N) is 2. The van der Waals surface area contributed by atoms with Crippen molar-refractivity contribution in [2.75, 3.05) is 19.5 Å². The summed E-state index contributed by atoms with van der Waals surface area (Å²) in [4.78, 5) is 18.8. The summed E-state index contributed by atoms with van der Waals surface area (Å²) < 4.78 is 10.9. The first-order chi connectivity index (χ1) is 11.5. The molecule has 1 aromatic rings. The maximum Gasteiger partial charge on any atom is 0.217 e. The highest BCUT2D eigenvalue weighted by atomic mass is 16.5. The molecule has 0 unspecified atom stereocenters. The van der Waals surface area contributed by atoms with E-state index >= 15 is 0 Å². The van der Waals surface area contributed by atoms with Gasteiger partial charge < -0.3 is 20.9 Å². The van der Waals surface area contributed by atoms with Crippen LogP contribution in [0.4, 0.5) is 5.82 Å². The number of methoxy groups -OCH3 is 1. The molecular formula is C17H26N4O3. The quantitative estimate of drug-likeness (QED) is 0.365. The van der Waals surface area contributed by atoms with Crippen LogP contribution in [0, 0.1) is 6.92 Å². The average molecular weight is 334 g/mol. The summed E-state index contributed by atoms with van der Waals surface area (Å²) in [5, 5.41) is 0. The number of nitrogen functional groups attached to an aromatic ring is 1. The number of carbonyl (C=O) groups excluding carboxylic acids is 1. The number of ether oxygens (including phenoxy) is 2. The molecule has 0 radical (unpaired) electrons. The third kappa shape index (κ3) is 6.68. The molecule has 132 valence electrons. The standard InChI is InChI=1S/C17H26N4O3/c1-12-14(17(19)21-11-20-12)10-15(13(2)23-3)24-9-7-5-4-6-8-16(18)22/h10-11H,2,4-9H2,1,3H3,(H2,18,22)(H2,19,20,21). The lowest BCUT2D eigenvalue weighted by Gasteiger charge is -2.13. The van der Waals surface area contributed by atoms with E-state index < -0.39 is 0 Å². The van der Waals surface area contributed by atoms with Crippen molar-refractivity contribution in [2.24, 2.45) is 5.73 Å². The van der Waals surface area contributed by atoms with E-state index in [1.165, 1.54) is 13.4 Å². The van der Waals surface area contributed by atoms with Crippen LogP contribution in [0.1, 0.15) is 43.4 Å². The molecule has 1 amide bonds. The van der Waals surface area contributed by atoms with E-state index in [1.807, 2.05) is 6.92 Å². The summed E-state index contributed by atoms with van der Waals surface area (Å²) in [7, 11) is 1.53. The summed E-state index contributed by atoms with van der Waals surface area (Å²) >= 11 is 0. The van der Waals surface area contributed by atoms with Crippen molar-refractivity contribution in [3.63, 3.8) is 0 Å². The van der Waals surface area contributed by atoms with Crippen LogP contribution >= 0.6 is 0 Å². The van der Waals surface area contributed by atoms with E-state index in [-0.39, 0.29) is 5.91 Å². The van der Waals surface area contributed by atoms with E-state index in [9.17, 15) is 4.79 Å². The minimum Gasteiger partial charge on any atom is -0.493 e. The number of nitrogens with two attached hydrogens (primary N) is 2. The zero-order valence-corrected chi connectivity index (χ0v) is 14.4. The second kappa shape index (κ2) is 10.3. The number of carbonyl (C=O) groups is 1. The molecule has 0 aliphatic heterocycles. The summed E-state index contributed by atoms with van der Waals surface area (Å²) in [5.41, 5.74) is 12.4. The Morgan fingerprint density at radius 2 is 2.00 bits per heavy atom. The van der Waals surface area contributed by atoms with Gasteiger partial charge in [0.1, 0.15) is 12.1 Å². The number of aryl methyl sites for hydroxylation is 1. The molecule has 0 saturated carbocycles. The number of primary amides is 1. The third-order valence-corrected chi connectivity index (χ3v) is 3.49. The van der Waals surface area contributed by atoms with Gasteiger partial charge in [0.15, 0.2) is 11.5 Å². The first-order valence-corrected chi connectivity index (χ1v) is 7.88. The number of aromatic nitrogens is 2. The fraction of sp³-hybridized carbons (Fsp3) is 0.471. The number of anilines is 1. The second-order valence-corrected chi connectivity index (χ2v) is 5.37. The molecule has 7 nitrogen and oxygen atoms in total. The topological polar surface area (TPSA) is 113 Å². The molecule has 0 saturated heterocycles. The number of hydrogen-bond donors (Lipinski definition) is 2. The van der Waals surface area contributed by atoms with Gasteiger partial charge in [-0.25, -0.2) is 9.97 Å². The van der Waals surface area contributed by atoms with Gasteiger partial charge in [-0.3, -0.25) is 4.79 Å². The van der Waals surface area contributed by atoms with E-state index in [0.29, 0.717) is 35.9 Å². The Hall–Kier alpha value is -2.57. The Kier molecular flexibility index (Phi) is 8.32. The predicted octanol–water partition coefficient (Wildman–Crippen LogP) is 2.32. The molecule has 4 N–H and O–H groups in total. The molecule has 0 aliphatic rings. The summed E-state index contributed by atoms with van der Waals surface area (Å²) in [6.07, 6.45) is 7.14. The van der Waals surface area contributed by atoms with Gasteiger partial charge in [-0.15, -0.1) is 0 Å². The Labute approximate surface area is 142 Å². The number of hydrogen-bond acceptors (Lipinski definition) is 6. The van der Waals surface area contributed by atoms with Crippen LogP contribution in [0.2, 0.25) is 0 Å². The Bertz CT molecular complexity index is 579. The van der Waals surface area contributed by atoms with E-state index in [2.05, 4.69) is 16.5 Å². The lowest BCUT2D eigenvalue weighted by molar-refractivity contribution is -0.118. The first kappa shape index (κ1) is 19.5. The van der Waals surface area contributed by atoms with Crippen molar-refractivity contribution in [1.82, 2.24) is 9.97 Å². The number of amides is 1. The molecule has 0 spiro atoms. The van der Waals surface area contributed by atoms with Gasteiger partial charge in [0, 0.05) is 12.0 Å². The lowest BCUT2D eigenvalue weighted by atomic mass is 10.1. The molecule has 0 fully saturated rings. The smallest absolute Gasteiger partial charge is 0.217 e. The summed E-state index contributed by atoms with van der Waals surface area (Å²) in [5.74, 6) is 1.02. The van der Waals surface area contributed by atoms with Crippen molar-refractivity contribution in [2.45, 2.75) is 39.0 Å². The molecule has 7 heteroatoms. The van der Waals surface area contributed by atoms with Crippen LogP contribution in [0.3, 0.4) is 0 Å². The highest BCUT2D eigenvalue weighted by molar-refractivity contribution is 5.73. The van der Waals surface area contributed by atoms with Crippen molar-refractivity contribution in [1.29, 1.82) is 0 Å². The van der Waals surface area contributed by atoms with Gasteiger partial charge in [0.2, 0.25) is 5.91 Å². The largest absolute Gasteiger partial charge is 0.493 e. The minimum absolute atomic E-state index is 0.258. The maximum absolute atomic E-state index is 10.7. The van der Waals surface area contributed by atoms with Gasteiger partial charge in [-0.2, -0.15) is 0 Å². The predicted molar refractivity (Wildman–Crippen MR) is 93.5 cm³/mol.